The first-order chi connectivity index (χ1) is 15.7. The molecule has 2 heterocycles. The molecule has 7 nitrogen and oxygen atoms in total. The van der Waals surface area contributed by atoms with Gasteiger partial charge in [-0.15, -0.1) is 0 Å². The molecule has 0 saturated heterocycles. The fourth-order valence-corrected chi connectivity index (χ4v) is 4.06. The lowest BCUT2D eigenvalue weighted by atomic mass is 9.99. The van der Waals surface area contributed by atoms with Gasteiger partial charge in [0.15, 0.2) is 5.82 Å². The second-order valence-electron chi connectivity index (χ2n) is 7.43. The molecule has 4 rings (SSSR count). The zero-order chi connectivity index (χ0) is 23.6. The molecule has 2 N–H and O–H groups in total. The zero-order valence-electron chi connectivity index (χ0n) is 17.6. The Kier molecular flexibility index (Phi) is 6.55. The number of pyridine rings is 1. The number of benzene rings is 2. The van der Waals surface area contributed by atoms with Crippen molar-refractivity contribution >= 4 is 38.3 Å². The molecule has 2 aromatic carbocycles. The van der Waals surface area contributed by atoms with Crippen LogP contribution in [-0.4, -0.2) is 36.2 Å². The third-order valence-corrected chi connectivity index (χ3v) is 5.88. The van der Waals surface area contributed by atoms with Crippen LogP contribution >= 0.6 is 11.6 Å². The van der Waals surface area contributed by atoms with Crippen molar-refractivity contribution in [2.45, 2.75) is 12.8 Å². The summed E-state index contributed by atoms with van der Waals surface area (Å²) in [4.78, 5) is 13.5. The predicted molar refractivity (Wildman–Crippen MR) is 127 cm³/mol. The molecule has 0 saturated carbocycles. The quantitative estimate of drug-likeness (QED) is 0.230. The van der Waals surface area contributed by atoms with Gasteiger partial charge in [-0.1, -0.05) is 17.7 Å². The smallest absolute Gasteiger partial charge is 0.264 e. The summed E-state index contributed by atoms with van der Waals surface area (Å²) in [5.41, 5.74) is 10.2. The van der Waals surface area contributed by atoms with Gasteiger partial charge in [-0.3, -0.25) is 9.17 Å². The number of nitrogens with two attached hydrogens (primary N) is 1. The predicted octanol–water partition coefficient (Wildman–Crippen LogP) is 4.64. The highest BCUT2D eigenvalue weighted by Crippen LogP contribution is 2.36. The molecule has 0 unspecified atom stereocenters. The van der Waals surface area contributed by atoms with Crippen LogP contribution in [-0.2, 0) is 20.7 Å². The van der Waals surface area contributed by atoms with Crippen LogP contribution in [0.5, 0.6) is 0 Å². The van der Waals surface area contributed by atoms with Crippen LogP contribution in [0.15, 0.2) is 54.9 Å². The monoisotopic (exact) mass is 486 g/mol. The van der Waals surface area contributed by atoms with Crippen molar-refractivity contribution in [2.24, 2.45) is 0 Å². The number of aryl methyl sites for hydroxylation is 1. The molecular weight excluding hydrogens is 467 g/mol. The van der Waals surface area contributed by atoms with E-state index in [1.54, 1.807) is 24.5 Å². The standard InChI is InChI=1S/C23H20ClFN4O3S/c1-33(30,31)32-11-3-5-14-7-9-19-20(21(14)26)22(15-6-8-18(25)17(24)12-15)29-23(28-19)16-4-2-10-27-13-16/h2,4,6-10,12-13H,3,5,11,26H2,1H3. The highest BCUT2D eigenvalue weighted by Gasteiger charge is 2.17. The highest BCUT2D eigenvalue weighted by atomic mass is 35.5. The Labute approximate surface area is 195 Å². The van der Waals surface area contributed by atoms with Crippen LogP contribution in [0.2, 0.25) is 5.02 Å². The topological polar surface area (TPSA) is 108 Å². The van der Waals surface area contributed by atoms with E-state index < -0.39 is 15.9 Å². The fraction of sp³-hybridized carbons (Fsp3) is 0.174. The molecule has 4 aromatic rings. The van der Waals surface area contributed by atoms with Gasteiger partial charge in [-0.25, -0.2) is 14.4 Å². The molecule has 0 aliphatic carbocycles. The number of aromatic nitrogens is 3. The average Bonchev–Trinajstić information content (AvgIpc) is 2.79. The summed E-state index contributed by atoms with van der Waals surface area (Å²) in [5.74, 6) is -0.0921. The Morgan fingerprint density at radius 3 is 2.64 bits per heavy atom. The van der Waals surface area contributed by atoms with Gasteiger partial charge in [-0.2, -0.15) is 8.42 Å². The van der Waals surface area contributed by atoms with Crippen LogP contribution in [0, 0.1) is 5.82 Å². The van der Waals surface area contributed by atoms with E-state index in [1.165, 1.54) is 12.1 Å². The first-order valence-corrected chi connectivity index (χ1v) is 12.2. The Bertz CT molecular complexity index is 1430. The maximum absolute atomic E-state index is 13.8. The maximum atomic E-state index is 13.8. The van der Waals surface area contributed by atoms with Crippen LogP contribution < -0.4 is 5.73 Å². The molecule has 33 heavy (non-hydrogen) atoms. The minimum atomic E-state index is -3.50. The van der Waals surface area contributed by atoms with Gasteiger partial charge in [0.2, 0.25) is 0 Å². The van der Waals surface area contributed by atoms with Crippen molar-refractivity contribution in [3.63, 3.8) is 0 Å². The highest BCUT2D eigenvalue weighted by molar-refractivity contribution is 7.85. The average molecular weight is 487 g/mol. The summed E-state index contributed by atoms with van der Waals surface area (Å²) in [6, 6.07) is 11.7. The third kappa shape index (κ3) is 5.27. The Hall–Kier alpha value is -3.14. The van der Waals surface area contributed by atoms with Gasteiger partial charge in [0, 0.05) is 34.6 Å². The van der Waals surface area contributed by atoms with Gasteiger partial charge in [0.05, 0.1) is 29.1 Å². The largest absolute Gasteiger partial charge is 0.398 e. The maximum Gasteiger partial charge on any atom is 0.264 e. The lowest BCUT2D eigenvalue weighted by Crippen LogP contribution is -2.06. The number of nitrogen functional groups attached to an aromatic ring is 1. The number of nitrogens with zero attached hydrogens (tertiary/aromatic N) is 3. The molecule has 2 aromatic heterocycles. The van der Waals surface area contributed by atoms with Crippen molar-refractivity contribution < 1.29 is 17.0 Å². The molecule has 0 spiro atoms. The second kappa shape index (κ2) is 9.38. The van der Waals surface area contributed by atoms with Crippen molar-refractivity contribution in [3.8, 4) is 22.6 Å². The molecule has 0 aliphatic rings. The molecule has 0 atom stereocenters. The van der Waals surface area contributed by atoms with E-state index in [0.29, 0.717) is 46.5 Å². The van der Waals surface area contributed by atoms with Gasteiger partial charge >= 0.3 is 0 Å². The van der Waals surface area contributed by atoms with Crippen molar-refractivity contribution in [3.05, 3.63) is 71.3 Å². The number of rotatable bonds is 7. The lowest BCUT2D eigenvalue weighted by molar-refractivity contribution is 0.316. The first-order valence-electron chi connectivity index (χ1n) is 10.0. The SMILES string of the molecule is CS(=O)(=O)OCCCc1ccc2nc(-c3cccnc3)nc(-c3ccc(F)c(Cl)c3)c2c1N. The normalized spacial score (nSPS) is 11.7. The molecule has 0 aliphatic heterocycles. The van der Waals surface area contributed by atoms with E-state index in [4.69, 9.17) is 26.5 Å². The van der Waals surface area contributed by atoms with Crippen molar-refractivity contribution in [1.29, 1.82) is 0 Å². The number of fused-ring (bicyclic) bond motifs is 1. The number of anilines is 1. The number of halogens is 2. The summed E-state index contributed by atoms with van der Waals surface area (Å²) in [5, 5.41) is 0.571. The molecule has 0 amide bonds. The van der Waals surface area contributed by atoms with Crippen molar-refractivity contribution in [1.82, 2.24) is 15.0 Å². The fourth-order valence-electron chi connectivity index (χ4n) is 3.46. The minimum Gasteiger partial charge on any atom is -0.398 e. The van der Waals surface area contributed by atoms with E-state index in [0.717, 1.165) is 17.4 Å². The Morgan fingerprint density at radius 2 is 1.94 bits per heavy atom. The zero-order valence-corrected chi connectivity index (χ0v) is 19.2. The summed E-state index contributed by atoms with van der Waals surface area (Å²) < 4.78 is 41.0. The molecular formula is C23H20ClFN4O3S. The Balaban J connectivity index is 1.83. The summed E-state index contributed by atoms with van der Waals surface area (Å²) in [6.45, 7) is 0.0488. The first kappa shape index (κ1) is 23.0. The van der Waals surface area contributed by atoms with Crippen molar-refractivity contribution in [2.75, 3.05) is 18.6 Å². The lowest BCUT2D eigenvalue weighted by Gasteiger charge is -2.14. The molecule has 0 radical (unpaired) electrons. The molecule has 170 valence electrons. The van der Waals surface area contributed by atoms with E-state index in [-0.39, 0.29) is 11.6 Å². The van der Waals surface area contributed by atoms with Gasteiger partial charge in [0.1, 0.15) is 5.82 Å². The van der Waals surface area contributed by atoms with Crippen LogP contribution in [0.4, 0.5) is 10.1 Å². The third-order valence-electron chi connectivity index (χ3n) is 5.00. The van der Waals surface area contributed by atoms with Crippen LogP contribution in [0.3, 0.4) is 0 Å². The summed E-state index contributed by atoms with van der Waals surface area (Å²) in [6.07, 6.45) is 5.26. The molecule has 0 bridgehead atoms. The van der Waals surface area contributed by atoms with Gasteiger partial charge in [0.25, 0.3) is 10.1 Å². The van der Waals surface area contributed by atoms with Crippen LogP contribution in [0.25, 0.3) is 33.5 Å². The Morgan fingerprint density at radius 1 is 1.12 bits per heavy atom. The van der Waals surface area contributed by atoms with E-state index in [9.17, 15) is 12.8 Å². The summed E-state index contributed by atoms with van der Waals surface area (Å²) >= 11 is 6.04. The second-order valence-corrected chi connectivity index (χ2v) is 9.48. The van der Waals surface area contributed by atoms with E-state index >= 15 is 0 Å². The number of hydrogen-bond acceptors (Lipinski definition) is 7. The molecule has 10 heteroatoms. The summed E-state index contributed by atoms with van der Waals surface area (Å²) in [7, 11) is -3.50. The van der Waals surface area contributed by atoms with Crippen LogP contribution in [0.1, 0.15) is 12.0 Å². The van der Waals surface area contributed by atoms with Gasteiger partial charge < -0.3 is 5.73 Å². The minimum absolute atomic E-state index is 0.0326. The number of hydrogen-bond donors (Lipinski definition) is 1. The molecule has 0 fully saturated rings. The van der Waals surface area contributed by atoms with Gasteiger partial charge in [-0.05, 0) is 54.8 Å². The van der Waals surface area contributed by atoms with E-state index in [1.807, 2.05) is 18.2 Å². The van der Waals surface area contributed by atoms with E-state index in [2.05, 4.69) is 9.97 Å².